The van der Waals surface area contributed by atoms with E-state index in [1.165, 1.54) is 5.57 Å². The summed E-state index contributed by atoms with van der Waals surface area (Å²) in [5.41, 5.74) is 1.53. The summed E-state index contributed by atoms with van der Waals surface area (Å²) in [6, 6.07) is 6.10. The van der Waals surface area contributed by atoms with Crippen molar-refractivity contribution in [3.05, 3.63) is 47.4 Å². The van der Waals surface area contributed by atoms with Crippen LogP contribution in [0.15, 0.2) is 40.3 Å². The molecule has 170 valence electrons. The first-order valence-electron chi connectivity index (χ1n) is 12.1. The van der Waals surface area contributed by atoms with Gasteiger partial charge in [-0.3, -0.25) is 0 Å². The number of hydrogen-bond donors (Lipinski definition) is 2. The van der Waals surface area contributed by atoms with Crippen molar-refractivity contribution in [2.75, 3.05) is 0 Å². The Bertz CT molecular complexity index is 1150. The molecule has 2 N–H and O–H groups in total. The molecule has 0 spiro atoms. The quantitative estimate of drug-likeness (QED) is 0.565. The maximum Gasteiger partial charge on any atom is 0.192 e. The summed E-state index contributed by atoms with van der Waals surface area (Å²) in [4.78, 5) is 4.49. The summed E-state index contributed by atoms with van der Waals surface area (Å²) < 4.78 is 22.3. The number of allylic oxidation sites excluding steroid dienone is 2. The maximum absolute atomic E-state index is 16.7. The number of hydrogen-bond acceptors (Lipinski definition) is 4. The van der Waals surface area contributed by atoms with E-state index in [1.807, 2.05) is 13.0 Å². The lowest BCUT2D eigenvalue weighted by Gasteiger charge is -2.55. The molecule has 6 atom stereocenters. The number of rotatable bonds is 1. The van der Waals surface area contributed by atoms with E-state index in [1.54, 1.807) is 6.08 Å². The van der Waals surface area contributed by atoms with E-state index in [0.29, 0.717) is 43.9 Å². The lowest BCUT2D eigenvalue weighted by atomic mass is 9.53. The predicted octanol–water partition coefficient (Wildman–Crippen LogP) is 5.66. The van der Waals surface area contributed by atoms with Gasteiger partial charge in [-0.1, -0.05) is 24.6 Å². The van der Waals surface area contributed by atoms with Crippen LogP contribution in [0.2, 0.25) is 0 Å². The fraction of sp³-hybridized carbons (Fsp3) is 0.593. The summed E-state index contributed by atoms with van der Waals surface area (Å²) in [6.07, 6.45) is 8.76. The predicted molar refractivity (Wildman–Crippen MR) is 122 cm³/mol. The van der Waals surface area contributed by atoms with Gasteiger partial charge in [-0.25, -0.2) is 9.37 Å². The molecular formula is C27H32FNO3. The number of nitrogens with zero attached hydrogens (tertiary/aromatic N) is 1. The van der Waals surface area contributed by atoms with E-state index in [4.69, 9.17) is 4.42 Å². The summed E-state index contributed by atoms with van der Waals surface area (Å²) in [5, 5.41) is 22.2. The van der Waals surface area contributed by atoms with Gasteiger partial charge < -0.3 is 14.6 Å². The van der Waals surface area contributed by atoms with E-state index >= 15 is 4.39 Å². The number of aryl methyl sites for hydroxylation is 1. The maximum atomic E-state index is 16.7. The van der Waals surface area contributed by atoms with Crippen LogP contribution in [0.3, 0.4) is 0 Å². The van der Waals surface area contributed by atoms with Gasteiger partial charge in [0.15, 0.2) is 17.1 Å². The van der Waals surface area contributed by atoms with Gasteiger partial charge in [-0.15, -0.1) is 0 Å². The molecule has 2 saturated carbocycles. The van der Waals surface area contributed by atoms with E-state index < -0.39 is 11.3 Å². The zero-order valence-corrected chi connectivity index (χ0v) is 18.9. The van der Waals surface area contributed by atoms with E-state index in [-0.39, 0.29) is 17.4 Å². The second-order valence-electron chi connectivity index (χ2n) is 10.9. The lowest BCUT2D eigenvalue weighted by molar-refractivity contribution is -0.172. The molecule has 4 aliphatic rings. The number of aliphatic hydroxyl groups excluding tert-OH is 1. The molecule has 1 aromatic heterocycles. The van der Waals surface area contributed by atoms with Crippen molar-refractivity contribution in [3.63, 3.8) is 0 Å². The summed E-state index contributed by atoms with van der Waals surface area (Å²) in [7, 11) is 0. The van der Waals surface area contributed by atoms with Crippen molar-refractivity contribution in [2.45, 2.75) is 82.6 Å². The van der Waals surface area contributed by atoms with Crippen LogP contribution in [0.25, 0.3) is 16.7 Å². The van der Waals surface area contributed by atoms with Crippen LogP contribution in [0, 0.1) is 24.2 Å². The molecule has 5 unspecified atom stereocenters. The molecule has 1 heterocycles. The number of fused-ring (bicyclic) bond motifs is 5. The molecule has 0 radical (unpaired) electrons. The minimum atomic E-state index is -1.73. The molecular weight excluding hydrogens is 405 g/mol. The molecule has 0 amide bonds. The van der Waals surface area contributed by atoms with Crippen LogP contribution in [-0.2, 0) is 0 Å². The van der Waals surface area contributed by atoms with Crippen molar-refractivity contribution in [3.8, 4) is 0 Å². The number of aromatic nitrogens is 1. The van der Waals surface area contributed by atoms with Crippen LogP contribution < -0.4 is 0 Å². The highest BCUT2D eigenvalue weighted by molar-refractivity contribution is 5.82. The Morgan fingerprint density at radius 1 is 1.16 bits per heavy atom. The van der Waals surface area contributed by atoms with Gasteiger partial charge in [0.2, 0.25) is 0 Å². The smallest absolute Gasteiger partial charge is 0.192 e. The number of aliphatic hydroxyl groups is 2. The Balaban J connectivity index is 1.38. The van der Waals surface area contributed by atoms with Crippen LogP contribution in [-0.4, -0.2) is 32.6 Å². The van der Waals surface area contributed by atoms with Crippen LogP contribution in [0.1, 0.15) is 69.7 Å². The first kappa shape index (κ1) is 20.6. The van der Waals surface area contributed by atoms with Crippen molar-refractivity contribution >= 4 is 16.7 Å². The number of benzene rings is 1. The highest BCUT2D eigenvalue weighted by Crippen LogP contribution is 2.65. The number of halogens is 1. The average molecular weight is 438 g/mol. The summed E-state index contributed by atoms with van der Waals surface area (Å²) >= 11 is 0. The minimum absolute atomic E-state index is 0.166. The fourth-order valence-electron chi connectivity index (χ4n) is 7.45. The molecule has 2 fully saturated rings. The molecule has 5 heteroatoms. The van der Waals surface area contributed by atoms with E-state index in [0.717, 1.165) is 41.5 Å². The largest absolute Gasteiger partial charge is 0.441 e. The first-order valence-corrected chi connectivity index (χ1v) is 12.1. The zero-order chi connectivity index (χ0) is 22.3. The second kappa shape index (κ2) is 6.77. The first-order chi connectivity index (χ1) is 15.2. The molecule has 0 aliphatic heterocycles. The third-order valence-electron chi connectivity index (χ3n) is 9.18. The fourth-order valence-corrected chi connectivity index (χ4v) is 7.45. The number of oxazole rings is 1. The van der Waals surface area contributed by atoms with Crippen LogP contribution in [0.4, 0.5) is 4.39 Å². The minimum Gasteiger partial charge on any atom is -0.441 e. The van der Waals surface area contributed by atoms with E-state index in [9.17, 15) is 10.2 Å². The van der Waals surface area contributed by atoms with Gasteiger partial charge >= 0.3 is 0 Å². The van der Waals surface area contributed by atoms with Crippen molar-refractivity contribution in [2.24, 2.45) is 17.3 Å². The average Bonchev–Trinajstić information content (AvgIpc) is 3.26. The van der Waals surface area contributed by atoms with Gasteiger partial charge in [0.1, 0.15) is 11.1 Å². The van der Waals surface area contributed by atoms with Crippen LogP contribution >= 0.6 is 0 Å². The molecule has 0 bridgehead atoms. The van der Waals surface area contributed by atoms with Crippen molar-refractivity contribution in [1.82, 2.24) is 4.98 Å². The highest BCUT2D eigenvalue weighted by Gasteiger charge is 2.65. The Morgan fingerprint density at radius 2 is 2.00 bits per heavy atom. The summed E-state index contributed by atoms with van der Waals surface area (Å²) in [6.45, 7) is 4.06. The summed E-state index contributed by atoms with van der Waals surface area (Å²) in [5.74, 6) is 0.771. The molecule has 2 aromatic rings. The standard InChI is InChI=1S/C27H32FNO3/c1-16-29-22-14-18(4-7-23(22)32-16)21-6-8-24-25(21,2)11-12-26(28)15-19-13-20(30)5-3-17(19)9-10-27(24,26)31/h4,6-7,14-15,17,20,24,30-31H,3,5,8-13H2,1-2H3/t17?,20?,24?,25?,26?,27-/m0/s1. The SMILES string of the molecule is Cc1nc2cc(C3=CCC4C3(C)CCC3(F)C=C5CC(O)CCC5CC[C@]43O)ccc2o1. The molecule has 1 aromatic carbocycles. The second-order valence-corrected chi connectivity index (χ2v) is 10.9. The van der Waals surface area contributed by atoms with Crippen molar-refractivity contribution in [1.29, 1.82) is 0 Å². The third kappa shape index (κ3) is 2.76. The van der Waals surface area contributed by atoms with Gasteiger partial charge in [0.05, 0.1) is 6.10 Å². The molecule has 4 aliphatic carbocycles. The number of alkyl halides is 1. The Kier molecular flexibility index (Phi) is 4.36. The van der Waals surface area contributed by atoms with Gasteiger partial charge in [-0.05, 0) is 92.0 Å². The molecule has 4 nitrogen and oxygen atoms in total. The highest BCUT2D eigenvalue weighted by atomic mass is 19.1. The molecule has 0 saturated heterocycles. The van der Waals surface area contributed by atoms with E-state index in [2.05, 4.69) is 30.1 Å². The van der Waals surface area contributed by atoms with Gasteiger partial charge in [0.25, 0.3) is 0 Å². The lowest BCUT2D eigenvalue weighted by Crippen LogP contribution is -2.61. The normalized spacial score (nSPS) is 41.3. The molecule has 6 rings (SSSR count). The Morgan fingerprint density at radius 3 is 2.84 bits per heavy atom. The Hall–Kier alpha value is -1.98. The zero-order valence-electron chi connectivity index (χ0n) is 18.9. The third-order valence-corrected chi connectivity index (χ3v) is 9.18. The molecule has 32 heavy (non-hydrogen) atoms. The van der Waals surface area contributed by atoms with Gasteiger partial charge in [0, 0.05) is 12.8 Å². The topological polar surface area (TPSA) is 66.5 Å². The monoisotopic (exact) mass is 437 g/mol. The van der Waals surface area contributed by atoms with Gasteiger partial charge in [-0.2, -0.15) is 0 Å². The van der Waals surface area contributed by atoms with Crippen molar-refractivity contribution < 1.29 is 19.0 Å². The van der Waals surface area contributed by atoms with Crippen LogP contribution in [0.5, 0.6) is 0 Å². The Labute approximate surface area is 188 Å².